The van der Waals surface area contributed by atoms with E-state index >= 15 is 0 Å². The fourth-order valence-corrected chi connectivity index (χ4v) is 5.82. The first kappa shape index (κ1) is 28.3. The van der Waals surface area contributed by atoms with Gasteiger partial charge in [-0.05, 0) is 48.9 Å². The third-order valence-corrected chi connectivity index (χ3v) is 8.27. The van der Waals surface area contributed by atoms with Crippen molar-refractivity contribution in [2.75, 3.05) is 57.1 Å². The number of benzene rings is 2. The quantitative estimate of drug-likeness (QED) is 0.243. The van der Waals surface area contributed by atoms with E-state index in [2.05, 4.69) is 20.0 Å². The molecule has 4 aromatic heterocycles. The maximum absolute atomic E-state index is 14.6. The number of ether oxygens (including phenoxy) is 2. The molecule has 13 heteroatoms. The van der Waals surface area contributed by atoms with Gasteiger partial charge in [-0.1, -0.05) is 30.3 Å². The van der Waals surface area contributed by atoms with E-state index in [1.807, 2.05) is 66.4 Å². The molecule has 45 heavy (non-hydrogen) atoms. The van der Waals surface area contributed by atoms with Gasteiger partial charge in [0.25, 0.3) is 5.91 Å². The molecule has 0 saturated carbocycles. The first-order valence-corrected chi connectivity index (χ1v) is 14.7. The van der Waals surface area contributed by atoms with Crippen LogP contribution in [0, 0.1) is 0 Å². The number of hydrogen-bond donors (Lipinski definition) is 1. The number of methoxy groups -OCH3 is 1. The van der Waals surface area contributed by atoms with Crippen LogP contribution in [0.3, 0.4) is 0 Å². The Bertz CT molecular complexity index is 1930. The highest BCUT2D eigenvalue weighted by Crippen LogP contribution is 2.33. The molecule has 1 atom stereocenters. The van der Waals surface area contributed by atoms with Gasteiger partial charge in [-0.25, -0.2) is 9.67 Å². The molecule has 1 amide bonds. The van der Waals surface area contributed by atoms with E-state index in [1.54, 1.807) is 36.4 Å². The van der Waals surface area contributed by atoms with Crippen molar-refractivity contribution in [3.63, 3.8) is 0 Å². The highest BCUT2D eigenvalue weighted by Gasteiger charge is 2.43. The largest absolute Gasteiger partial charge is 0.491 e. The zero-order chi connectivity index (χ0) is 31.0. The second-order valence-electron chi connectivity index (χ2n) is 11.0. The predicted molar refractivity (Wildman–Crippen MR) is 168 cm³/mol. The fourth-order valence-electron chi connectivity index (χ4n) is 5.82. The van der Waals surface area contributed by atoms with E-state index < -0.39 is 5.54 Å². The first-order valence-electron chi connectivity index (χ1n) is 14.7. The summed E-state index contributed by atoms with van der Waals surface area (Å²) in [6.07, 6.45) is 3.22. The van der Waals surface area contributed by atoms with Crippen LogP contribution in [0.2, 0.25) is 0 Å². The molecule has 230 valence electrons. The van der Waals surface area contributed by atoms with Crippen molar-refractivity contribution in [2.24, 2.45) is 0 Å². The zero-order valence-electron chi connectivity index (χ0n) is 25.0. The standard InChI is InChI=1S/C32H33N9O4/c1-32(22-7-4-3-5-8-22,30(42)39-16-14-38(15-17-39)23-10-12-24(13-11-23)44-20-19-43-2)41-29-25(21-34-41)28-35-27(26-9-6-18-45-26)37-40(28)31(33)36-29/h3-13,18,21H,14-17,19-20H2,1-2H3,(H2,33,36). The van der Waals surface area contributed by atoms with Gasteiger partial charge < -0.3 is 29.4 Å². The average Bonchev–Trinajstić information content (AvgIpc) is 3.86. The van der Waals surface area contributed by atoms with Gasteiger partial charge in [0.05, 0.1) is 24.5 Å². The van der Waals surface area contributed by atoms with Gasteiger partial charge in [0.2, 0.25) is 11.8 Å². The molecule has 7 rings (SSSR count). The number of fused-ring (bicyclic) bond motifs is 3. The van der Waals surface area contributed by atoms with Crippen LogP contribution in [0.1, 0.15) is 12.5 Å². The minimum absolute atomic E-state index is 0.0850. The Balaban J connectivity index is 1.19. The Morgan fingerprint density at radius 3 is 2.44 bits per heavy atom. The number of amides is 1. The topological polar surface area (TPSA) is 142 Å². The molecular weight excluding hydrogens is 574 g/mol. The summed E-state index contributed by atoms with van der Waals surface area (Å²) >= 11 is 0. The number of anilines is 2. The first-order chi connectivity index (χ1) is 22.0. The van der Waals surface area contributed by atoms with Gasteiger partial charge >= 0.3 is 0 Å². The molecule has 2 aromatic carbocycles. The maximum Gasteiger partial charge on any atom is 0.255 e. The second kappa shape index (κ2) is 11.6. The van der Waals surface area contributed by atoms with Crippen LogP contribution in [0.4, 0.5) is 11.6 Å². The lowest BCUT2D eigenvalue weighted by molar-refractivity contribution is -0.138. The summed E-state index contributed by atoms with van der Waals surface area (Å²) in [6.45, 7) is 5.37. The molecule has 2 N–H and O–H groups in total. The number of rotatable bonds is 9. The van der Waals surface area contributed by atoms with Crippen molar-refractivity contribution in [3.8, 4) is 17.3 Å². The summed E-state index contributed by atoms with van der Waals surface area (Å²) in [7, 11) is 1.65. The van der Waals surface area contributed by atoms with Crippen molar-refractivity contribution >= 4 is 34.2 Å². The number of furan rings is 1. The molecule has 0 radical (unpaired) electrons. The third-order valence-electron chi connectivity index (χ3n) is 8.27. The number of aromatic nitrogens is 6. The zero-order valence-corrected chi connectivity index (χ0v) is 25.0. The number of carbonyl (C=O) groups excluding carboxylic acids is 1. The van der Waals surface area contributed by atoms with Gasteiger partial charge in [0.15, 0.2) is 22.6 Å². The molecule has 1 saturated heterocycles. The van der Waals surface area contributed by atoms with Crippen LogP contribution in [0.25, 0.3) is 28.3 Å². The van der Waals surface area contributed by atoms with E-state index in [9.17, 15) is 4.79 Å². The number of nitrogen functional groups attached to an aromatic ring is 1. The molecule has 13 nitrogen and oxygen atoms in total. The van der Waals surface area contributed by atoms with Crippen LogP contribution < -0.4 is 15.4 Å². The van der Waals surface area contributed by atoms with Gasteiger partial charge in [-0.15, -0.1) is 5.10 Å². The predicted octanol–water partition coefficient (Wildman–Crippen LogP) is 3.45. The van der Waals surface area contributed by atoms with Crippen LogP contribution in [0.5, 0.6) is 5.75 Å². The summed E-state index contributed by atoms with van der Waals surface area (Å²) in [4.78, 5) is 28.1. The van der Waals surface area contributed by atoms with Crippen molar-refractivity contribution in [1.29, 1.82) is 0 Å². The van der Waals surface area contributed by atoms with Gasteiger partial charge in [0.1, 0.15) is 12.4 Å². The lowest BCUT2D eigenvalue weighted by Gasteiger charge is -2.40. The van der Waals surface area contributed by atoms with Crippen LogP contribution in [-0.2, 0) is 15.1 Å². The maximum atomic E-state index is 14.6. The molecule has 0 bridgehead atoms. The van der Waals surface area contributed by atoms with E-state index in [-0.39, 0.29) is 11.9 Å². The van der Waals surface area contributed by atoms with Crippen molar-refractivity contribution in [3.05, 3.63) is 84.8 Å². The Hall–Kier alpha value is -5.43. The lowest BCUT2D eigenvalue weighted by Crippen LogP contribution is -2.56. The number of nitrogens with zero attached hydrogens (tertiary/aromatic N) is 8. The molecule has 1 fully saturated rings. The Morgan fingerprint density at radius 2 is 1.73 bits per heavy atom. The molecular formula is C32H33N9O4. The van der Waals surface area contributed by atoms with Gasteiger partial charge in [0, 0.05) is 39.0 Å². The van der Waals surface area contributed by atoms with Crippen molar-refractivity contribution in [1.82, 2.24) is 34.3 Å². The molecule has 1 aliphatic rings. The summed E-state index contributed by atoms with van der Waals surface area (Å²) in [5.74, 6) is 1.72. The average molecular weight is 608 g/mol. The van der Waals surface area contributed by atoms with Crippen molar-refractivity contribution < 1.29 is 18.7 Å². The van der Waals surface area contributed by atoms with E-state index in [4.69, 9.17) is 24.7 Å². The minimum Gasteiger partial charge on any atom is -0.491 e. The van der Waals surface area contributed by atoms with Gasteiger partial charge in [-0.2, -0.15) is 14.6 Å². The highest BCUT2D eigenvalue weighted by atomic mass is 16.5. The molecule has 6 aromatic rings. The number of hydrogen-bond acceptors (Lipinski definition) is 10. The Kier molecular flexibility index (Phi) is 7.29. The van der Waals surface area contributed by atoms with E-state index in [1.165, 1.54) is 4.52 Å². The number of piperazine rings is 1. The second-order valence-corrected chi connectivity index (χ2v) is 11.0. The van der Waals surface area contributed by atoms with Crippen LogP contribution in [-0.4, -0.2) is 86.7 Å². The SMILES string of the molecule is COCCOc1ccc(N2CCN(C(=O)C(C)(c3ccccc3)n3ncc4c3nc(N)n3nc(-c5ccco5)nc43)CC2)cc1. The molecule has 0 aliphatic carbocycles. The molecule has 5 heterocycles. The summed E-state index contributed by atoms with van der Waals surface area (Å²) in [5, 5.41) is 9.84. The molecule has 1 unspecified atom stereocenters. The summed E-state index contributed by atoms with van der Waals surface area (Å²) < 4.78 is 19.4. The third kappa shape index (κ3) is 5.00. The minimum atomic E-state index is -1.21. The van der Waals surface area contributed by atoms with E-state index in [0.29, 0.717) is 67.7 Å². The van der Waals surface area contributed by atoms with Crippen molar-refractivity contribution in [2.45, 2.75) is 12.5 Å². The summed E-state index contributed by atoms with van der Waals surface area (Å²) in [6, 6.07) is 21.2. The highest BCUT2D eigenvalue weighted by molar-refractivity contribution is 5.94. The van der Waals surface area contributed by atoms with Crippen LogP contribution >= 0.6 is 0 Å². The number of nitrogens with two attached hydrogens (primary N) is 1. The monoisotopic (exact) mass is 607 g/mol. The van der Waals surface area contributed by atoms with Crippen LogP contribution in [0.15, 0.2) is 83.6 Å². The summed E-state index contributed by atoms with van der Waals surface area (Å²) in [5.41, 5.74) is 7.95. The molecule has 1 aliphatic heterocycles. The Labute approximate surface area is 258 Å². The number of carbonyl (C=O) groups is 1. The fraction of sp³-hybridized carbons (Fsp3) is 0.281. The van der Waals surface area contributed by atoms with Gasteiger partial charge in [-0.3, -0.25) is 4.79 Å². The van der Waals surface area contributed by atoms with E-state index in [0.717, 1.165) is 17.0 Å². The molecule has 0 spiro atoms. The normalized spacial score (nSPS) is 15.1. The lowest BCUT2D eigenvalue weighted by atomic mass is 9.90. The Morgan fingerprint density at radius 1 is 0.956 bits per heavy atom. The smallest absolute Gasteiger partial charge is 0.255 e.